The SMILES string of the molecule is C/C=C\C1=C(C)N(C/C=c2/c(C3=Nc4c(ccc5cccnc45)CC3)c3ccc(N4c5ccccc5Cc5ccccc54)cc3c(-c3ccc4ccc5cccnc5c4n3)/c2=C/C)c2ccccc2C1. The van der Waals surface area contributed by atoms with E-state index in [1.807, 2.05) is 24.5 Å². The van der Waals surface area contributed by atoms with Crippen molar-refractivity contribution < 1.29 is 0 Å². The molecule has 0 fully saturated rings. The molecule has 3 aliphatic heterocycles. The van der Waals surface area contributed by atoms with Gasteiger partial charge >= 0.3 is 0 Å². The summed E-state index contributed by atoms with van der Waals surface area (Å²) < 4.78 is 0. The number of aromatic nitrogens is 3. The van der Waals surface area contributed by atoms with Crippen LogP contribution in [0.25, 0.3) is 66.9 Å². The molecule has 3 aromatic heterocycles. The number of aliphatic imine (C=N–C) groups is 1. The largest absolute Gasteiger partial charge is 0.341 e. The minimum atomic E-state index is 0.663. The van der Waals surface area contributed by atoms with Gasteiger partial charge in [0.2, 0.25) is 0 Å². The molecule has 0 spiro atoms. The number of rotatable bonds is 6. The van der Waals surface area contributed by atoms with Crippen LogP contribution in [-0.2, 0) is 19.3 Å². The molecule has 0 bridgehead atoms. The zero-order chi connectivity index (χ0) is 46.9. The molecule has 70 heavy (non-hydrogen) atoms. The van der Waals surface area contributed by atoms with Crippen LogP contribution in [0, 0.1) is 0 Å². The fourth-order valence-corrected chi connectivity index (χ4v) is 11.5. The molecule has 13 rings (SSSR count). The van der Waals surface area contributed by atoms with Crippen molar-refractivity contribution in [3.8, 4) is 11.3 Å². The second-order valence-electron chi connectivity index (χ2n) is 18.7. The third kappa shape index (κ3) is 6.77. The molecule has 0 saturated heterocycles. The number of pyridine rings is 3. The van der Waals surface area contributed by atoms with E-state index < -0.39 is 0 Å². The smallest absolute Gasteiger partial charge is 0.0972 e. The molecule has 6 heterocycles. The van der Waals surface area contributed by atoms with E-state index in [4.69, 9.17) is 19.9 Å². The standard InChI is InChI=1S/C64H50N6/c1-4-14-45-37-46-15-6-9-20-56(46)69(40(45)3)36-33-52-50(5-2)59(54-31-27-43-25-23-41-18-12-34-65-61(41)63(43)67-54)53-39-49(70-57-21-10-7-16-47(57)38-48-17-8-11-22-58(48)70)29-30-51(53)60(52)55-32-28-44-26-24-42-19-13-35-66-62(42)64(44)68-55/h4-27,29-31,33-35,39H,28,32,36-38H2,1-3H3/b14-4-,50-5+,52-33+. The van der Waals surface area contributed by atoms with E-state index >= 15 is 0 Å². The first-order chi connectivity index (χ1) is 34.5. The number of benzene rings is 7. The number of hydrogen-bond acceptors (Lipinski definition) is 6. The number of para-hydroxylation sites is 3. The molecule has 0 saturated carbocycles. The Morgan fingerprint density at radius 1 is 0.557 bits per heavy atom. The van der Waals surface area contributed by atoms with Gasteiger partial charge in [-0.2, -0.15) is 0 Å². The molecule has 0 radical (unpaired) electrons. The summed E-state index contributed by atoms with van der Waals surface area (Å²) in [5.74, 6) is 0. The Morgan fingerprint density at radius 3 is 1.96 bits per heavy atom. The van der Waals surface area contributed by atoms with E-state index in [0.717, 1.165) is 114 Å². The number of allylic oxidation sites excluding steroid dienone is 4. The Hall–Kier alpha value is -8.48. The van der Waals surface area contributed by atoms with Crippen molar-refractivity contribution in [1.29, 1.82) is 0 Å². The monoisotopic (exact) mass is 902 g/mol. The van der Waals surface area contributed by atoms with Crippen molar-refractivity contribution >= 4 is 89.8 Å². The molecule has 3 aliphatic rings. The second-order valence-corrected chi connectivity index (χ2v) is 18.7. The van der Waals surface area contributed by atoms with Crippen molar-refractivity contribution in [2.24, 2.45) is 4.99 Å². The van der Waals surface area contributed by atoms with Gasteiger partial charge in [-0.15, -0.1) is 0 Å². The van der Waals surface area contributed by atoms with Crippen molar-refractivity contribution in [2.45, 2.75) is 46.5 Å². The summed E-state index contributed by atoms with van der Waals surface area (Å²) in [6.07, 6.45) is 16.4. The molecule has 10 aromatic rings. The van der Waals surface area contributed by atoms with Gasteiger partial charge in [0.05, 0.1) is 27.9 Å². The molecule has 0 N–H and O–H groups in total. The maximum Gasteiger partial charge on any atom is 0.0972 e. The van der Waals surface area contributed by atoms with Crippen LogP contribution in [0.2, 0.25) is 0 Å². The molecule has 0 amide bonds. The lowest BCUT2D eigenvalue weighted by Crippen LogP contribution is -2.36. The molecular weight excluding hydrogens is 853 g/mol. The molecule has 0 atom stereocenters. The van der Waals surface area contributed by atoms with Gasteiger partial charge in [0.1, 0.15) is 0 Å². The third-order valence-corrected chi connectivity index (χ3v) is 14.8. The minimum absolute atomic E-state index is 0.663. The van der Waals surface area contributed by atoms with Crippen LogP contribution < -0.4 is 20.2 Å². The summed E-state index contributed by atoms with van der Waals surface area (Å²) in [4.78, 5) is 26.1. The zero-order valence-corrected chi connectivity index (χ0v) is 39.6. The zero-order valence-electron chi connectivity index (χ0n) is 39.6. The Kier molecular flexibility index (Phi) is 10.1. The van der Waals surface area contributed by atoms with Crippen LogP contribution >= 0.6 is 0 Å². The lowest BCUT2D eigenvalue weighted by atomic mass is 9.86. The summed E-state index contributed by atoms with van der Waals surface area (Å²) in [7, 11) is 0. The predicted octanol–water partition coefficient (Wildman–Crippen LogP) is 14.1. The van der Waals surface area contributed by atoms with Gasteiger partial charge in [0.15, 0.2) is 0 Å². The lowest BCUT2D eigenvalue weighted by Gasteiger charge is -2.34. The molecule has 6 nitrogen and oxygen atoms in total. The number of anilines is 4. The van der Waals surface area contributed by atoms with Crippen molar-refractivity contribution in [3.05, 3.63) is 226 Å². The Labute approximate surface area is 407 Å². The summed E-state index contributed by atoms with van der Waals surface area (Å²) in [6, 6.07) is 55.1. The highest BCUT2D eigenvalue weighted by molar-refractivity contribution is 6.17. The Morgan fingerprint density at radius 2 is 1.21 bits per heavy atom. The fourth-order valence-electron chi connectivity index (χ4n) is 11.5. The highest BCUT2D eigenvalue weighted by Gasteiger charge is 2.28. The van der Waals surface area contributed by atoms with Crippen LogP contribution in [0.5, 0.6) is 0 Å². The Balaban J connectivity index is 1.15. The van der Waals surface area contributed by atoms with Gasteiger partial charge in [-0.1, -0.05) is 127 Å². The number of aryl methyl sites for hydroxylation is 1. The van der Waals surface area contributed by atoms with Crippen molar-refractivity contribution in [2.75, 3.05) is 16.3 Å². The summed E-state index contributed by atoms with van der Waals surface area (Å²) in [5.41, 5.74) is 20.5. The van der Waals surface area contributed by atoms with Gasteiger partial charge in [0.25, 0.3) is 0 Å². The maximum atomic E-state index is 5.72. The molecule has 336 valence electrons. The normalized spacial score (nSPS) is 15.0. The molecule has 0 unspecified atom stereocenters. The van der Waals surface area contributed by atoms with Gasteiger partial charge in [-0.3, -0.25) is 15.0 Å². The van der Waals surface area contributed by atoms with Crippen molar-refractivity contribution in [3.63, 3.8) is 0 Å². The van der Waals surface area contributed by atoms with Crippen molar-refractivity contribution in [1.82, 2.24) is 15.0 Å². The maximum absolute atomic E-state index is 5.72. The van der Waals surface area contributed by atoms with E-state index in [2.05, 4.69) is 194 Å². The van der Waals surface area contributed by atoms with Crippen LogP contribution in [0.15, 0.2) is 192 Å². The van der Waals surface area contributed by atoms with Crippen LogP contribution in [0.3, 0.4) is 0 Å². The van der Waals surface area contributed by atoms with E-state index in [1.54, 1.807) is 0 Å². The second kappa shape index (κ2) is 16.9. The number of nitrogens with zero attached hydrogens (tertiary/aromatic N) is 6. The highest BCUT2D eigenvalue weighted by atomic mass is 15.2. The highest BCUT2D eigenvalue weighted by Crippen LogP contribution is 2.46. The summed E-state index contributed by atoms with van der Waals surface area (Å²) >= 11 is 0. The minimum Gasteiger partial charge on any atom is -0.341 e. The van der Waals surface area contributed by atoms with Gasteiger partial charge in [0, 0.05) is 93.2 Å². The Bertz CT molecular complexity index is 4000. The van der Waals surface area contributed by atoms with Gasteiger partial charge < -0.3 is 9.80 Å². The first kappa shape index (κ1) is 41.7. The van der Waals surface area contributed by atoms with E-state index in [-0.39, 0.29) is 0 Å². The van der Waals surface area contributed by atoms with Gasteiger partial charge in [-0.05, 0) is 131 Å². The first-order valence-electron chi connectivity index (χ1n) is 24.5. The molecule has 6 heteroatoms. The van der Waals surface area contributed by atoms with Crippen LogP contribution in [-0.4, -0.2) is 27.2 Å². The molecular formula is C64H50N6. The fraction of sp³-hybridized carbons (Fsp3) is 0.125. The van der Waals surface area contributed by atoms with Crippen LogP contribution in [0.4, 0.5) is 28.4 Å². The van der Waals surface area contributed by atoms with E-state index in [1.165, 1.54) is 50.6 Å². The summed E-state index contributed by atoms with van der Waals surface area (Å²) in [6.45, 7) is 7.23. The number of hydrogen-bond donors (Lipinski definition) is 0. The topological polar surface area (TPSA) is 57.5 Å². The average molecular weight is 903 g/mol. The predicted molar refractivity (Wildman–Crippen MR) is 293 cm³/mol. The first-order valence-corrected chi connectivity index (χ1v) is 24.5. The average Bonchev–Trinajstić information content (AvgIpc) is 3.41. The van der Waals surface area contributed by atoms with E-state index in [0.29, 0.717) is 6.54 Å². The quantitative estimate of drug-likeness (QED) is 0.156. The molecule has 7 aromatic carbocycles. The third-order valence-electron chi connectivity index (χ3n) is 14.8. The number of fused-ring (bicyclic) bond motifs is 10. The lowest BCUT2D eigenvalue weighted by molar-refractivity contribution is 0.938. The van der Waals surface area contributed by atoms with Gasteiger partial charge in [-0.25, -0.2) is 4.98 Å². The molecule has 0 aliphatic carbocycles. The summed E-state index contributed by atoms with van der Waals surface area (Å²) in [5, 5.41) is 7.78. The van der Waals surface area contributed by atoms with E-state index in [9.17, 15) is 0 Å². The van der Waals surface area contributed by atoms with Crippen LogP contribution in [0.1, 0.15) is 55.0 Å².